The van der Waals surface area contributed by atoms with Crippen LogP contribution >= 0.6 is 46.4 Å². The van der Waals surface area contributed by atoms with Crippen molar-refractivity contribution in [2.45, 2.75) is 0 Å². The molecule has 0 atom stereocenters. The summed E-state index contributed by atoms with van der Waals surface area (Å²) < 4.78 is 0. The standard InChI is InChI=1S/C27H15Cl4N3O3/c28-18-12-20(30)22(13-19(18)29)34-26(36)23(31)24(27(34)37)32-16-10-8-15(9-11-16)25(35)33-21-7-3-5-14-4-1-2-6-17(14)21/h1-13,32H,(H,33,35). The number of amides is 3. The number of anilines is 3. The summed E-state index contributed by atoms with van der Waals surface area (Å²) in [4.78, 5) is 39.5. The molecule has 5 rings (SSSR count). The molecule has 0 aromatic heterocycles. The molecule has 1 heterocycles. The van der Waals surface area contributed by atoms with Crippen molar-refractivity contribution in [3.8, 4) is 0 Å². The first kappa shape index (κ1) is 25.1. The number of nitrogens with one attached hydrogen (secondary N) is 2. The SMILES string of the molecule is O=C(Nc1cccc2ccccc12)c1ccc(NC2=C(Cl)C(=O)N(c3cc(Cl)c(Cl)cc3Cl)C2=O)cc1. The lowest BCUT2D eigenvalue weighted by atomic mass is 10.1. The van der Waals surface area contributed by atoms with Gasteiger partial charge in [-0.15, -0.1) is 0 Å². The topological polar surface area (TPSA) is 78.5 Å². The van der Waals surface area contributed by atoms with Crippen LogP contribution in [-0.2, 0) is 9.59 Å². The summed E-state index contributed by atoms with van der Waals surface area (Å²) in [5, 5.41) is 7.76. The Hall–Kier alpha value is -3.55. The van der Waals surface area contributed by atoms with Gasteiger partial charge in [-0.2, -0.15) is 0 Å². The average molecular weight is 571 g/mol. The van der Waals surface area contributed by atoms with Crippen LogP contribution in [0.4, 0.5) is 17.1 Å². The van der Waals surface area contributed by atoms with Crippen molar-refractivity contribution < 1.29 is 14.4 Å². The minimum Gasteiger partial charge on any atom is -0.350 e. The third-order valence-corrected chi connectivity index (χ3v) is 7.09. The number of imide groups is 1. The predicted octanol–water partition coefficient (Wildman–Crippen LogP) is 7.49. The molecule has 4 aromatic rings. The van der Waals surface area contributed by atoms with E-state index in [4.69, 9.17) is 46.4 Å². The molecule has 0 radical (unpaired) electrons. The minimum absolute atomic E-state index is 0.0569. The van der Waals surface area contributed by atoms with E-state index in [1.165, 1.54) is 12.1 Å². The van der Waals surface area contributed by atoms with Gasteiger partial charge in [0.1, 0.15) is 10.7 Å². The highest BCUT2D eigenvalue weighted by atomic mass is 35.5. The van der Waals surface area contributed by atoms with Gasteiger partial charge < -0.3 is 10.6 Å². The maximum atomic E-state index is 13.1. The zero-order valence-electron chi connectivity index (χ0n) is 18.7. The Morgan fingerprint density at radius 1 is 0.730 bits per heavy atom. The van der Waals surface area contributed by atoms with Crippen LogP contribution < -0.4 is 15.5 Å². The van der Waals surface area contributed by atoms with E-state index in [2.05, 4.69) is 10.6 Å². The third-order valence-electron chi connectivity index (χ3n) is 5.71. The van der Waals surface area contributed by atoms with Crippen molar-refractivity contribution in [2.75, 3.05) is 15.5 Å². The lowest BCUT2D eigenvalue weighted by molar-refractivity contribution is -0.120. The molecule has 1 aliphatic rings. The molecular formula is C27H15Cl4N3O3. The number of rotatable bonds is 5. The van der Waals surface area contributed by atoms with Crippen LogP contribution in [0.3, 0.4) is 0 Å². The fourth-order valence-corrected chi connectivity index (χ4v) is 4.73. The summed E-state index contributed by atoms with van der Waals surface area (Å²) in [5.74, 6) is -1.78. The second-order valence-electron chi connectivity index (χ2n) is 8.04. The summed E-state index contributed by atoms with van der Waals surface area (Å²) in [6.07, 6.45) is 0. The van der Waals surface area contributed by atoms with Crippen LogP contribution in [-0.4, -0.2) is 17.7 Å². The van der Waals surface area contributed by atoms with Crippen LogP contribution in [0.5, 0.6) is 0 Å². The van der Waals surface area contributed by atoms with Crippen molar-refractivity contribution in [2.24, 2.45) is 0 Å². The van der Waals surface area contributed by atoms with Crippen LogP contribution in [0.25, 0.3) is 10.8 Å². The van der Waals surface area contributed by atoms with Gasteiger partial charge in [0.2, 0.25) is 0 Å². The molecule has 184 valence electrons. The summed E-state index contributed by atoms with van der Waals surface area (Å²) in [5.41, 5.74) is 1.45. The Bertz CT molecular complexity index is 1630. The Kier molecular flexibility index (Phi) is 6.84. The molecule has 0 saturated carbocycles. The summed E-state index contributed by atoms with van der Waals surface area (Å²) in [7, 11) is 0. The highest BCUT2D eigenvalue weighted by Crippen LogP contribution is 2.38. The molecule has 0 aliphatic carbocycles. The molecule has 1 aliphatic heterocycles. The van der Waals surface area contributed by atoms with E-state index < -0.39 is 11.8 Å². The zero-order chi connectivity index (χ0) is 26.3. The highest BCUT2D eigenvalue weighted by molar-refractivity contribution is 6.54. The number of halogens is 4. The molecule has 6 nitrogen and oxygen atoms in total. The molecule has 2 N–H and O–H groups in total. The van der Waals surface area contributed by atoms with Crippen molar-refractivity contribution in [1.29, 1.82) is 0 Å². The van der Waals surface area contributed by atoms with E-state index in [0.29, 0.717) is 16.9 Å². The number of carbonyl (C=O) groups is 3. The first-order valence-corrected chi connectivity index (χ1v) is 12.3. The van der Waals surface area contributed by atoms with E-state index >= 15 is 0 Å². The van der Waals surface area contributed by atoms with E-state index in [9.17, 15) is 14.4 Å². The van der Waals surface area contributed by atoms with Crippen molar-refractivity contribution in [1.82, 2.24) is 0 Å². The minimum atomic E-state index is -0.763. The van der Waals surface area contributed by atoms with Gasteiger partial charge in [0.05, 0.1) is 20.8 Å². The van der Waals surface area contributed by atoms with Crippen LogP contribution in [0.2, 0.25) is 15.1 Å². The maximum Gasteiger partial charge on any atom is 0.283 e. The Morgan fingerprint density at radius 2 is 1.41 bits per heavy atom. The normalized spacial score (nSPS) is 13.5. The fourth-order valence-electron chi connectivity index (χ4n) is 3.89. The van der Waals surface area contributed by atoms with Gasteiger partial charge >= 0.3 is 0 Å². The fraction of sp³-hybridized carbons (Fsp3) is 0. The van der Waals surface area contributed by atoms with Crippen LogP contribution in [0.15, 0.2) is 89.6 Å². The first-order chi connectivity index (χ1) is 17.7. The second-order valence-corrected chi connectivity index (χ2v) is 9.64. The van der Waals surface area contributed by atoms with E-state index in [-0.39, 0.29) is 37.4 Å². The molecule has 0 spiro atoms. The highest BCUT2D eigenvalue weighted by Gasteiger charge is 2.40. The number of carbonyl (C=O) groups excluding carboxylic acids is 3. The molecule has 3 amide bonds. The monoisotopic (exact) mass is 569 g/mol. The molecule has 0 unspecified atom stereocenters. The van der Waals surface area contributed by atoms with Gasteiger partial charge in [0.25, 0.3) is 17.7 Å². The Morgan fingerprint density at radius 3 is 2.16 bits per heavy atom. The lowest BCUT2D eigenvalue weighted by Gasteiger charge is -2.17. The maximum absolute atomic E-state index is 13.1. The third kappa shape index (κ3) is 4.77. The lowest BCUT2D eigenvalue weighted by Crippen LogP contribution is -2.32. The Balaban J connectivity index is 1.33. The van der Waals surface area contributed by atoms with E-state index in [1.807, 2.05) is 42.5 Å². The number of benzene rings is 4. The van der Waals surface area contributed by atoms with Gasteiger partial charge in [-0.25, -0.2) is 4.90 Å². The van der Waals surface area contributed by atoms with E-state index in [1.54, 1.807) is 24.3 Å². The van der Waals surface area contributed by atoms with Crippen molar-refractivity contribution in [3.63, 3.8) is 0 Å². The quantitative estimate of drug-likeness (QED) is 0.192. The zero-order valence-corrected chi connectivity index (χ0v) is 21.7. The van der Waals surface area contributed by atoms with Gasteiger partial charge in [0, 0.05) is 22.3 Å². The number of fused-ring (bicyclic) bond motifs is 1. The molecule has 0 fully saturated rings. The number of hydrogen-bond donors (Lipinski definition) is 2. The molecule has 37 heavy (non-hydrogen) atoms. The van der Waals surface area contributed by atoms with Crippen molar-refractivity contribution >= 4 is 92.0 Å². The largest absolute Gasteiger partial charge is 0.350 e. The molecule has 0 bridgehead atoms. The molecule has 10 heteroatoms. The summed E-state index contributed by atoms with van der Waals surface area (Å²) in [6, 6.07) is 22.4. The molecule has 0 saturated heterocycles. The Labute approximate surface area is 231 Å². The van der Waals surface area contributed by atoms with Crippen LogP contribution in [0, 0.1) is 0 Å². The van der Waals surface area contributed by atoms with Gasteiger partial charge in [0.15, 0.2) is 0 Å². The van der Waals surface area contributed by atoms with E-state index in [0.717, 1.165) is 15.7 Å². The average Bonchev–Trinajstić information content (AvgIpc) is 3.10. The second kappa shape index (κ2) is 10.1. The molecular weight excluding hydrogens is 556 g/mol. The first-order valence-electron chi connectivity index (χ1n) is 10.8. The number of hydrogen-bond acceptors (Lipinski definition) is 4. The van der Waals surface area contributed by atoms with Gasteiger partial charge in [-0.05, 0) is 47.9 Å². The number of nitrogens with zero attached hydrogens (tertiary/aromatic N) is 1. The summed E-state index contributed by atoms with van der Waals surface area (Å²) >= 11 is 24.4. The van der Waals surface area contributed by atoms with Gasteiger partial charge in [-0.1, -0.05) is 82.8 Å². The van der Waals surface area contributed by atoms with Gasteiger partial charge in [-0.3, -0.25) is 14.4 Å². The predicted molar refractivity (Wildman–Crippen MR) is 149 cm³/mol. The van der Waals surface area contributed by atoms with Crippen LogP contribution in [0.1, 0.15) is 10.4 Å². The smallest absolute Gasteiger partial charge is 0.283 e. The summed E-state index contributed by atoms with van der Waals surface area (Å²) in [6.45, 7) is 0. The van der Waals surface area contributed by atoms with Crippen molar-refractivity contribution in [3.05, 3.63) is 110 Å². The molecule has 4 aromatic carbocycles.